The zero-order valence-corrected chi connectivity index (χ0v) is 20.4. The maximum atomic E-state index is 11.0. The van der Waals surface area contributed by atoms with E-state index < -0.39 is 5.97 Å². The highest BCUT2D eigenvalue weighted by Gasteiger charge is 2.13. The van der Waals surface area contributed by atoms with Crippen LogP contribution < -0.4 is 0 Å². The first-order valence-corrected chi connectivity index (χ1v) is 11.5. The van der Waals surface area contributed by atoms with Gasteiger partial charge in [-0.2, -0.15) is 0 Å². The molecule has 3 aromatic carbocycles. The number of aromatic carboxylic acids is 1. The molecular weight excluding hydrogens is 432 g/mol. The Morgan fingerprint density at radius 1 is 1.09 bits per heavy atom. The van der Waals surface area contributed by atoms with Crippen molar-refractivity contribution < 1.29 is 9.90 Å². The number of imidazole rings is 1. The highest BCUT2D eigenvalue weighted by molar-refractivity contribution is 5.96. The molecule has 2 N–H and O–H groups in total. The van der Waals surface area contributed by atoms with Gasteiger partial charge in [0.1, 0.15) is 5.82 Å². The van der Waals surface area contributed by atoms with Crippen LogP contribution >= 0.6 is 0 Å². The fourth-order valence-corrected chi connectivity index (χ4v) is 3.51. The molecule has 4 heteroatoms. The van der Waals surface area contributed by atoms with Gasteiger partial charge in [-0.1, -0.05) is 85.8 Å². The monoisotopic (exact) mass is 462 g/mol. The van der Waals surface area contributed by atoms with E-state index in [1.165, 1.54) is 5.39 Å². The van der Waals surface area contributed by atoms with Crippen LogP contribution in [0.3, 0.4) is 0 Å². The Morgan fingerprint density at radius 3 is 2.49 bits per heavy atom. The predicted octanol–water partition coefficient (Wildman–Crippen LogP) is 8.14. The van der Waals surface area contributed by atoms with Crippen molar-refractivity contribution in [1.82, 2.24) is 9.97 Å². The molecule has 1 heterocycles. The van der Waals surface area contributed by atoms with E-state index in [1.54, 1.807) is 24.3 Å². The van der Waals surface area contributed by atoms with Crippen LogP contribution in [0.15, 0.2) is 109 Å². The Morgan fingerprint density at radius 2 is 1.80 bits per heavy atom. The minimum absolute atomic E-state index is 0.265. The number of rotatable bonds is 6. The molecule has 0 fully saturated rings. The standard InChI is InChI=1S/C21H16N2O2.C10H14/c1-13-19(18-8-4-6-14-5-2-3-7-17(14)18)23-20(22-13)15-9-11-16(12-10-15)21(24)25;1-4-5-6-7-8-9-10(2)3/h2-12H,1H3,(H,22,23)(H,24,25);5-7,9H,2,4H2,1,3H3/b;6-5-. The summed E-state index contributed by atoms with van der Waals surface area (Å²) in [5.74, 6) is -0.198. The molecule has 0 atom stereocenters. The SMILES string of the molecule is C=C(C)C=C=C/C=C\CC.Cc1[nH]c(-c2ccc(C(=O)O)cc2)nc1-c1cccc2ccccc12. The summed E-state index contributed by atoms with van der Waals surface area (Å²) in [6.45, 7) is 9.76. The highest BCUT2D eigenvalue weighted by atomic mass is 16.4. The van der Waals surface area contributed by atoms with Crippen molar-refractivity contribution >= 4 is 16.7 Å². The van der Waals surface area contributed by atoms with Gasteiger partial charge >= 0.3 is 5.97 Å². The Kier molecular flexibility index (Phi) is 8.77. The molecule has 1 aromatic heterocycles. The van der Waals surface area contributed by atoms with Crippen molar-refractivity contribution in [3.63, 3.8) is 0 Å². The summed E-state index contributed by atoms with van der Waals surface area (Å²) in [4.78, 5) is 19.1. The van der Waals surface area contributed by atoms with E-state index in [0.29, 0.717) is 0 Å². The third kappa shape index (κ3) is 6.80. The number of hydrogen-bond donors (Lipinski definition) is 2. The second-order valence-corrected chi connectivity index (χ2v) is 8.13. The molecular formula is C31H30N2O2. The summed E-state index contributed by atoms with van der Waals surface area (Å²) in [5.41, 5.74) is 8.11. The molecule has 0 bridgehead atoms. The van der Waals surface area contributed by atoms with Crippen molar-refractivity contribution in [3.05, 3.63) is 120 Å². The second kappa shape index (κ2) is 12.2. The number of aromatic amines is 1. The van der Waals surface area contributed by atoms with Crippen molar-refractivity contribution in [3.8, 4) is 22.6 Å². The number of aryl methyl sites for hydroxylation is 1. The summed E-state index contributed by atoms with van der Waals surface area (Å²) in [6, 6.07) is 21.2. The molecule has 0 radical (unpaired) electrons. The van der Waals surface area contributed by atoms with Gasteiger partial charge in [-0.25, -0.2) is 9.78 Å². The molecule has 4 aromatic rings. The van der Waals surface area contributed by atoms with E-state index in [9.17, 15) is 4.79 Å². The van der Waals surface area contributed by atoms with Gasteiger partial charge in [-0.05, 0) is 55.3 Å². The van der Waals surface area contributed by atoms with Crippen LogP contribution in [0.25, 0.3) is 33.4 Å². The van der Waals surface area contributed by atoms with E-state index in [4.69, 9.17) is 10.1 Å². The predicted molar refractivity (Wildman–Crippen MR) is 146 cm³/mol. The van der Waals surface area contributed by atoms with E-state index in [1.807, 2.05) is 50.3 Å². The molecule has 0 aliphatic carbocycles. The number of H-pyrrole nitrogens is 1. The molecule has 0 saturated heterocycles. The summed E-state index contributed by atoms with van der Waals surface area (Å²) < 4.78 is 0. The Labute approximate surface area is 206 Å². The number of hydrogen-bond acceptors (Lipinski definition) is 2. The van der Waals surface area contributed by atoms with E-state index in [-0.39, 0.29) is 5.56 Å². The topological polar surface area (TPSA) is 66.0 Å². The second-order valence-electron chi connectivity index (χ2n) is 8.13. The molecule has 0 aliphatic heterocycles. The van der Waals surface area contributed by atoms with E-state index in [0.717, 1.165) is 45.7 Å². The first-order valence-electron chi connectivity index (χ1n) is 11.5. The van der Waals surface area contributed by atoms with Gasteiger partial charge in [0.15, 0.2) is 0 Å². The molecule has 176 valence electrons. The minimum atomic E-state index is -0.932. The van der Waals surface area contributed by atoms with Crippen molar-refractivity contribution in [2.24, 2.45) is 0 Å². The van der Waals surface area contributed by atoms with Gasteiger partial charge in [0.2, 0.25) is 0 Å². The molecule has 35 heavy (non-hydrogen) atoms. The lowest BCUT2D eigenvalue weighted by Gasteiger charge is -2.04. The number of nitrogens with one attached hydrogen (secondary N) is 1. The molecule has 0 spiro atoms. The van der Waals surface area contributed by atoms with Crippen LogP contribution in [0.4, 0.5) is 0 Å². The van der Waals surface area contributed by atoms with Crippen molar-refractivity contribution in [2.45, 2.75) is 27.2 Å². The largest absolute Gasteiger partial charge is 0.478 e. The number of allylic oxidation sites excluding steroid dienone is 4. The van der Waals surface area contributed by atoms with Gasteiger partial charge in [0.05, 0.1) is 11.3 Å². The molecule has 4 nitrogen and oxygen atoms in total. The lowest BCUT2D eigenvalue weighted by Crippen LogP contribution is -1.95. The van der Waals surface area contributed by atoms with Crippen LogP contribution in [0.2, 0.25) is 0 Å². The maximum Gasteiger partial charge on any atom is 0.335 e. The zero-order chi connectivity index (χ0) is 25.2. The molecule has 0 amide bonds. The van der Waals surface area contributed by atoms with Crippen LogP contribution in [0, 0.1) is 6.92 Å². The normalized spacial score (nSPS) is 10.4. The Hall–Kier alpha value is -4.40. The lowest BCUT2D eigenvalue weighted by molar-refractivity contribution is 0.0697. The summed E-state index contributed by atoms with van der Waals surface area (Å²) in [7, 11) is 0. The summed E-state index contributed by atoms with van der Waals surface area (Å²) >= 11 is 0. The average Bonchev–Trinajstić information content (AvgIpc) is 3.25. The fraction of sp³-hybridized carbons (Fsp3) is 0.129. The van der Waals surface area contributed by atoms with E-state index in [2.05, 4.69) is 54.6 Å². The van der Waals surface area contributed by atoms with Gasteiger partial charge in [0, 0.05) is 16.8 Å². The number of carbonyl (C=O) groups is 1. The van der Waals surface area contributed by atoms with Crippen LogP contribution in [-0.2, 0) is 0 Å². The number of nitrogens with zero attached hydrogens (tertiary/aromatic N) is 1. The summed E-state index contributed by atoms with van der Waals surface area (Å²) in [5, 5.41) is 11.4. The molecule has 0 saturated carbocycles. The highest BCUT2D eigenvalue weighted by Crippen LogP contribution is 2.31. The third-order valence-electron chi connectivity index (χ3n) is 5.23. The first-order chi connectivity index (χ1) is 16.9. The smallest absolute Gasteiger partial charge is 0.335 e. The average molecular weight is 463 g/mol. The third-order valence-corrected chi connectivity index (χ3v) is 5.23. The van der Waals surface area contributed by atoms with Gasteiger partial charge < -0.3 is 10.1 Å². The van der Waals surface area contributed by atoms with Crippen LogP contribution in [0.1, 0.15) is 36.3 Å². The summed E-state index contributed by atoms with van der Waals surface area (Å²) in [6.07, 6.45) is 8.89. The quantitative estimate of drug-likeness (QED) is 0.224. The van der Waals surface area contributed by atoms with Gasteiger partial charge in [-0.3, -0.25) is 0 Å². The fourth-order valence-electron chi connectivity index (χ4n) is 3.51. The van der Waals surface area contributed by atoms with Crippen molar-refractivity contribution in [2.75, 3.05) is 0 Å². The van der Waals surface area contributed by atoms with E-state index >= 15 is 0 Å². The number of fused-ring (bicyclic) bond motifs is 1. The molecule has 0 aliphatic rings. The molecule has 0 unspecified atom stereocenters. The van der Waals surface area contributed by atoms with Crippen LogP contribution in [0.5, 0.6) is 0 Å². The van der Waals surface area contributed by atoms with Gasteiger partial charge in [0.25, 0.3) is 0 Å². The Balaban J connectivity index is 0.000000292. The van der Waals surface area contributed by atoms with Gasteiger partial charge in [-0.15, -0.1) is 5.73 Å². The number of benzene rings is 3. The number of aromatic nitrogens is 2. The zero-order valence-electron chi connectivity index (χ0n) is 20.4. The molecule has 4 rings (SSSR count). The minimum Gasteiger partial charge on any atom is -0.478 e. The Bertz CT molecular complexity index is 1410. The van der Waals surface area contributed by atoms with Crippen molar-refractivity contribution in [1.29, 1.82) is 0 Å². The maximum absolute atomic E-state index is 11.0. The number of carboxylic acids is 1. The first kappa shape index (κ1) is 25.2. The number of carboxylic acid groups (broad SMARTS) is 1. The van der Waals surface area contributed by atoms with Crippen LogP contribution in [-0.4, -0.2) is 21.0 Å². The lowest BCUT2D eigenvalue weighted by atomic mass is 10.0.